The van der Waals surface area contributed by atoms with E-state index in [0.717, 1.165) is 28.2 Å². The second-order valence-corrected chi connectivity index (χ2v) is 4.09. The summed E-state index contributed by atoms with van der Waals surface area (Å²) in [6.07, 6.45) is 1.42. The Labute approximate surface area is 110 Å². The Morgan fingerprint density at radius 2 is 1.95 bits per heavy atom. The van der Waals surface area contributed by atoms with Crippen molar-refractivity contribution in [3.05, 3.63) is 54.4 Å². The van der Waals surface area contributed by atoms with Gasteiger partial charge < -0.3 is 13.9 Å². The van der Waals surface area contributed by atoms with E-state index < -0.39 is 0 Å². The maximum Gasteiger partial charge on any atom is 0.182 e. The highest BCUT2D eigenvalue weighted by atomic mass is 16.5. The zero-order valence-electron chi connectivity index (χ0n) is 10.5. The van der Waals surface area contributed by atoms with Gasteiger partial charge in [-0.25, -0.2) is 4.98 Å². The molecule has 0 unspecified atom stereocenters. The highest BCUT2D eigenvalue weighted by Crippen LogP contribution is 2.24. The fourth-order valence-electron chi connectivity index (χ4n) is 1.86. The van der Waals surface area contributed by atoms with E-state index >= 15 is 0 Å². The molecule has 0 fully saturated rings. The molecule has 4 heteroatoms. The molecule has 1 aromatic heterocycles. The Kier molecular flexibility index (Phi) is 3.06. The van der Waals surface area contributed by atoms with Crippen molar-refractivity contribution in [1.82, 2.24) is 4.98 Å². The number of para-hydroxylation sites is 1. The second kappa shape index (κ2) is 5.02. The summed E-state index contributed by atoms with van der Waals surface area (Å²) in [7, 11) is 1.65. The lowest BCUT2D eigenvalue weighted by Gasteiger charge is -2.07. The lowest BCUT2D eigenvalue weighted by Crippen LogP contribution is -1.96. The van der Waals surface area contributed by atoms with E-state index in [2.05, 4.69) is 4.98 Å². The minimum atomic E-state index is 0.482. The van der Waals surface area contributed by atoms with Crippen LogP contribution >= 0.6 is 0 Å². The number of benzene rings is 2. The maximum absolute atomic E-state index is 5.77. The van der Waals surface area contributed by atoms with Crippen LogP contribution < -0.4 is 9.47 Å². The molecule has 4 nitrogen and oxygen atoms in total. The zero-order chi connectivity index (χ0) is 13.1. The summed E-state index contributed by atoms with van der Waals surface area (Å²) < 4.78 is 16.1. The van der Waals surface area contributed by atoms with Gasteiger partial charge in [0, 0.05) is 0 Å². The molecule has 0 N–H and O–H groups in total. The molecule has 0 atom stereocenters. The molecular weight excluding hydrogens is 242 g/mol. The molecule has 3 aromatic rings. The SMILES string of the molecule is COc1ccc(COc2cccc3ocnc23)cc1. The van der Waals surface area contributed by atoms with Gasteiger partial charge in [-0.15, -0.1) is 0 Å². The fourth-order valence-corrected chi connectivity index (χ4v) is 1.86. The molecule has 0 aliphatic carbocycles. The van der Waals surface area contributed by atoms with Crippen LogP contribution in [0.25, 0.3) is 11.1 Å². The quantitative estimate of drug-likeness (QED) is 0.716. The first-order valence-electron chi connectivity index (χ1n) is 5.95. The molecule has 0 spiro atoms. The zero-order valence-corrected chi connectivity index (χ0v) is 10.5. The van der Waals surface area contributed by atoms with E-state index in [1.165, 1.54) is 6.39 Å². The van der Waals surface area contributed by atoms with Crippen molar-refractivity contribution in [3.63, 3.8) is 0 Å². The molecular formula is C15H13NO3. The number of methoxy groups -OCH3 is 1. The summed E-state index contributed by atoms with van der Waals surface area (Å²) in [5.74, 6) is 1.56. The molecule has 3 rings (SSSR count). The predicted molar refractivity (Wildman–Crippen MR) is 71.3 cm³/mol. The average molecular weight is 255 g/mol. The minimum Gasteiger partial charge on any atom is -0.497 e. The number of ether oxygens (including phenoxy) is 2. The lowest BCUT2D eigenvalue weighted by atomic mass is 10.2. The lowest BCUT2D eigenvalue weighted by molar-refractivity contribution is 0.309. The normalized spacial score (nSPS) is 10.6. The third kappa shape index (κ3) is 2.38. The van der Waals surface area contributed by atoms with Gasteiger partial charge in [0.25, 0.3) is 0 Å². The van der Waals surface area contributed by atoms with Crippen LogP contribution in [0.15, 0.2) is 53.3 Å². The smallest absolute Gasteiger partial charge is 0.182 e. The Hall–Kier alpha value is -2.49. The van der Waals surface area contributed by atoms with Crippen LogP contribution in [0, 0.1) is 0 Å². The summed E-state index contributed by atoms with van der Waals surface area (Å²) in [4.78, 5) is 4.15. The molecule has 0 saturated carbocycles. The van der Waals surface area contributed by atoms with Gasteiger partial charge in [-0.2, -0.15) is 0 Å². The third-order valence-corrected chi connectivity index (χ3v) is 2.88. The summed E-state index contributed by atoms with van der Waals surface area (Å²) in [6, 6.07) is 13.4. The van der Waals surface area contributed by atoms with Gasteiger partial charge >= 0.3 is 0 Å². The van der Waals surface area contributed by atoms with E-state index in [9.17, 15) is 0 Å². The van der Waals surface area contributed by atoms with Gasteiger partial charge in [-0.1, -0.05) is 18.2 Å². The van der Waals surface area contributed by atoms with Crippen molar-refractivity contribution < 1.29 is 13.9 Å². The van der Waals surface area contributed by atoms with Crippen LogP contribution in [0.5, 0.6) is 11.5 Å². The minimum absolute atomic E-state index is 0.482. The Morgan fingerprint density at radius 3 is 2.74 bits per heavy atom. The Morgan fingerprint density at radius 1 is 1.11 bits per heavy atom. The van der Waals surface area contributed by atoms with Crippen LogP contribution in [-0.2, 0) is 6.61 Å². The van der Waals surface area contributed by atoms with Crippen LogP contribution in [-0.4, -0.2) is 12.1 Å². The van der Waals surface area contributed by atoms with Crippen molar-refractivity contribution in [2.24, 2.45) is 0 Å². The second-order valence-electron chi connectivity index (χ2n) is 4.09. The number of fused-ring (bicyclic) bond motifs is 1. The summed E-state index contributed by atoms with van der Waals surface area (Å²) >= 11 is 0. The van der Waals surface area contributed by atoms with Gasteiger partial charge in [0.1, 0.15) is 18.1 Å². The van der Waals surface area contributed by atoms with Gasteiger partial charge in [-0.05, 0) is 29.8 Å². The fraction of sp³-hybridized carbons (Fsp3) is 0.133. The number of nitrogens with zero attached hydrogens (tertiary/aromatic N) is 1. The van der Waals surface area contributed by atoms with Gasteiger partial charge in [0.15, 0.2) is 17.5 Å². The highest BCUT2D eigenvalue weighted by Gasteiger charge is 2.05. The Bertz CT molecular complexity index is 673. The van der Waals surface area contributed by atoms with Crippen molar-refractivity contribution in [2.45, 2.75) is 6.61 Å². The van der Waals surface area contributed by atoms with Gasteiger partial charge in [0.2, 0.25) is 0 Å². The standard InChI is InChI=1S/C15H13NO3/c1-17-12-7-5-11(6-8-12)9-18-13-3-2-4-14-15(13)16-10-19-14/h2-8,10H,9H2,1H3. The molecule has 96 valence electrons. The molecule has 0 radical (unpaired) electrons. The summed E-state index contributed by atoms with van der Waals surface area (Å²) in [5, 5.41) is 0. The van der Waals surface area contributed by atoms with Crippen molar-refractivity contribution >= 4 is 11.1 Å². The molecule has 1 heterocycles. The third-order valence-electron chi connectivity index (χ3n) is 2.88. The number of rotatable bonds is 4. The van der Waals surface area contributed by atoms with Crippen LogP contribution in [0.1, 0.15) is 5.56 Å². The van der Waals surface area contributed by atoms with Gasteiger partial charge in [-0.3, -0.25) is 0 Å². The van der Waals surface area contributed by atoms with Gasteiger partial charge in [0.05, 0.1) is 7.11 Å². The molecule has 19 heavy (non-hydrogen) atoms. The first-order valence-corrected chi connectivity index (χ1v) is 5.95. The maximum atomic E-state index is 5.77. The van der Waals surface area contributed by atoms with E-state index in [0.29, 0.717) is 6.61 Å². The first-order chi connectivity index (χ1) is 9.36. The first kappa shape index (κ1) is 11.6. The largest absolute Gasteiger partial charge is 0.497 e. The molecule has 0 aliphatic heterocycles. The molecule has 0 aliphatic rings. The van der Waals surface area contributed by atoms with E-state index in [1.54, 1.807) is 7.11 Å². The summed E-state index contributed by atoms with van der Waals surface area (Å²) in [5.41, 5.74) is 2.55. The van der Waals surface area contributed by atoms with Crippen molar-refractivity contribution in [2.75, 3.05) is 7.11 Å². The van der Waals surface area contributed by atoms with E-state index in [1.807, 2.05) is 42.5 Å². The molecule has 0 saturated heterocycles. The highest BCUT2D eigenvalue weighted by molar-refractivity contribution is 5.79. The average Bonchev–Trinajstić information content (AvgIpc) is 2.94. The number of oxazole rings is 1. The number of hydrogen-bond donors (Lipinski definition) is 0. The van der Waals surface area contributed by atoms with Crippen LogP contribution in [0.3, 0.4) is 0 Å². The van der Waals surface area contributed by atoms with E-state index in [4.69, 9.17) is 13.9 Å². The topological polar surface area (TPSA) is 44.5 Å². The van der Waals surface area contributed by atoms with Crippen molar-refractivity contribution in [1.29, 1.82) is 0 Å². The molecule has 0 bridgehead atoms. The number of hydrogen-bond acceptors (Lipinski definition) is 4. The van der Waals surface area contributed by atoms with Crippen molar-refractivity contribution in [3.8, 4) is 11.5 Å². The summed E-state index contributed by atoms with van der Waals surface area (Å²) in [6.45, 7) is 0.482. The van der Waals surface area contributed by atoms with Crippen LogP contribution in [0.4, 0.5) is 0 Å². The Balaban J connectivity index is 1.76. The molecule has 0 amide bonds. The monoisotopic (exact) mass is 255 g/mol. The van der Waals surface area contributed by atoms with Crippen LogP contribution in [0.2, 0.25) is 0 Å². The number of aromatic nitrogens is 1. The molecule has 2 aromatic carbocycles. The van der Waals surface area contributed by atoms with E-state index in [-0.39, 0.29) is 0 Å². The predicted octanol–water partition coefficient (Wildman–Crippen LogP) is 3.42.